The van der Waals surface area contributed by atoms with Crippen LogP contribution in [0.15, 0.2) is 35.3 Å². The molecule has 6 rings (SSSR count). The number of nitrogens with zero attached hydrogens (tertiary/aromatic N) is 2. The van der Waals surface area contributed by atoms with Crippen LogP contribution in [-0.2, 0) is 15.1 Å². The molecule has 2 N–H and O–H groups in total. The summed E-state index contributed by atoms with van der Waals surface area (Å²) in [5.74, 6) is -0.603. The van der Waals surface area contributed by atoms with E-state index in [0.29, 0.717) is 48.0 Å². The lowest BCUT2D eigenvalue weighted by Crippen LogP contribution is -2.61. The highest BCUT2D eigenvalue weighted by atomic mass is 35.5. The van der Waals surface area contributed by atoms with Crippen molar-refractivity contribution in [1.29, 1.82) is 0 Å². The second-order valence-electron chi connectivity index (χ2n) is 9.55. The van der Waals surface area contributed by atoms with Crippen LogP contribution in [0.1, 0.15) is 48.9 Å². The lowest BCUT2D eigenvalue weighted by molar-refractivity contribution is -0.173. The Hall–Kier alpha value is -2.87. The average molecular weight is 458 g/mol. The van der Waals surface area contributed by atoms with E-state index in [0.717, 1.165) is 19.3 Å². The number of esters is 1. The molecule has 0 spiro atoms. The smallest absolute Gasteiger partial charge is 0.337 e. The molecule has 168 valence electrons. The number of aromatic nitrogens is 2. The molecule has 0 radical (unpaired) electrons. The third kappa shape index (κ3) is 3.20. The van der Waals surface area contributed by atoms with E-state index in [4.69, 9.17) is 16.3 Å². The first-order valence-corrected chi connectivity index (χ1v) is 11.1. The zero-order valence-corrected chi connectivity index (χ0v) is 18.4. The first-order valence-electron chi connectivity index (χ1n) is 10.7. The lowest BCUT2D eigenvalue weighted by Gasteiger charge is -2.60. The quantitative estimate of drug-likeness (QED) is 0.657. The molecule has 4 bridgehead atoms. The molecule has 0 amide bonds. The molecule has 0 aliphatic heterocycles. The number of carbonyl (C=O) groups excluding carboxylic acids is 1. The molecule has 9 heteroatoms. The van der Waals surface area contributed by atoms with Crippen LogP contribution < -0.4 is 10.9 Å². The van der Waals surface area contributed by atoms with E-state index in [-0.39, 0.29) is 5.02 Å². The fraction of sp³-hybridized carbons (Fsp3) is 0.478. The van der Waals surface area contributed by atoms with Crippen LogP contribution in [-0.4, -0.2) is 33.9 Å². The van der Waals surface area contributed by atoms with Crippen LogP contribution in [0.25, 0.3) is 0 Å². The minimum atomic E-state index is -0.768. The number of halogens is 1. The number of anilines is 2. The average Bonchev–Trinajstić information content (AvgIpc) is 2.76. The second-order valence-corrected chi connectivity index (χ2v) is 9.93. The van der Waals surface area contributed by atoms with Crippen LogP contribution >= 0.6 is 11.6 Å². The maximum Gasteiger partial charge on any atom is 0.337 e. The molecule has 4 saturated carbocycles. The maximum absolute atomic E-state index is 13.3. The number of benzene rings is 1. The molecule has 4 fully saturated rings. The van der Waals surface area contributed by atoms with Crippen molar-refractivity contribution in [2.24, 2.45) is 17.3 Å². The SMILES string of the molecule is COC(=O)c1ccc(Nc2cnn(C34CC5CC(CC(C(=O)O)(C5)C3)C4)c(=O)c2Cl)cc1. The Balaban J connectivity index is 1.45. The number of ether oxygens (including phenoxy) is 1. The molecule has 2 aromatic rings. The molecule has 2 atom stereocenters. The summed E-state index contributed by atoms with van der Waals surface area (Å²) in [6.07, 6.45) is 5.87. The zero-order chi connectivity index (χ0) is 22.7. The van der Waals surface area contributed by atoms with Crippen LogP contribution in [0.3, 0.4) is 0 Å². The van der Waals surface area contributed by atoms with Crippen molar-refractivity contribution in [3.8, 4) is 0 Å². The van der Waals surface area contributed by atoms with Crippen molar-refractivity contribution in [2.75, 3.05) is 12.4 Å². The Kier molecular flexibility index (Phi) is 4.81. The Morgan fingerprint density at radius 1 is 1.19 bits per heavy atom. The molecular weight excluding hydrogens is 434 g/mol. The van der Waals surface area contributed by atoms with Gasteiger partial charge in [-0.05, 0) is 74.6 Å². The van der Waals surface area contributed by atoms with Crippen LogP contribution in [0.2, 0.25) is 5.02 Å². The third-order valence-corrected chi connectivity index (χ3v) is 7.80. The highest BCUT2D eigenvalue weighted by Crippen LogP contribution is 2.63. The number of nitrogens with one attached hydrogen (secondary N) is 1. The molecule has 1 aromatic carbocycles. The van der Waals surface area contributed by atoms with Crippen molar-refractivity contribution in [3.05, 3.63) is 51.4 Å². The first-order chi connectivity index (χ1) is 15.2. The van der Waals surface area contributed by atoms with Gasteiger partial charge in [-0.25, -0.2) is 9.48 Å². The Morgan fingerprint density at radius 3 is 2.44 bits per heavy atom. The van der Waals surface area contributed by atoms with Crippen molar-refractivity contribution in [2.45, 2.75) is 44.1 Å². The van der Waals surface area contributed by atoms with Crippen LogP contribution in [0.5, 0.6) is 0 Å². The van der Waals surface area contributed by atoms with Gasteiger partial charge in [-0.2, -0.15) is 5.10 Å². The first kappa shape index (κ1) is 21.0. The highest BCUT2D eigenvalue weighted by molar-refractivity contribution is 6.33. The molecule has 4 aliphatic carbocycles. The normalized spacial score (nSPS) is 30.2. The lowest BCUT2D eigenvalue weighted by atomic mass is 9.47. The standard InChI is InChI=1S/C23H24ClN3O5/c1-32-20(29)15-2-4-16(5-3-15)26-17-11-25-27(19(28)18(17)24)23-9-13-6-14(10-23)8-22(7-13,12-23)21(30)31/h2-5,11,13-14,26H,6-10,12H2,1H3,(H,30,31). The molecular formula is C23H24ClN3O5. The summed E-state index contributed by atoms with van der Waals surface area (Å²) in [7, 11) is 1.32. The molecule has 8 nitrogen and oxygen atoms in total. The van der Waals surface area contributed by atoms with E-state index in [1.807, 2.05) is 0 Å². The van der Waals surface area contributed by atoms with Gasteiger partial charge in [0.15, 0.2) is 0 Å². The number of methoxy groups -OCH3 is 1. The third-order valence-electron chi connectivity index (χ3n) is 7.44. The molecule has 0 saturated heterocycles. The topological polar surface area (TPSA) is 111 Å². The summed E-state index contributed by atoms with van der Waals surface area (Å²) in [6, 6.07) is 6.59. The van der Waals surface area contributed by atoms with E-state index in [1.54, 1.807) is 24.3 Å². The van der Waals surface area contributed by atoms with Gasteiger partial charge in [-0.15, -0.1) is 0 Å². The summed E-state index contributed by atoms with van der Waals surface area (Å²) >= 11 is 6.46. The van der Waals surface area contributed by atoms with E-state index < -0.39 is 28.5 Å². The fourth-order valence-corrected chi connectivity index (χ4v) is 6.71. The molecule has 1 heterocycles. The molecule has 4 aliphatic rings. The van der Waals surface area contributed by atoms with Gasteiger partial charge in [-0.3, -0.25) is 9.59 Å². The predicted molar refractivity (Wildman–Crippen MR) is 117 cm³/mol. The number of hydrogen-bond donors (Lipinski definition) is 2. The van der Waals surface area contributed by atoms with Gasteiger partial charge in [0.1, 0.15) is 5.02 Å². The molecule has 2 unspecified atom stereocenters. The van der Waals surface area contributed by atoms with E-state index in [9.17, 15) is 19.5 Å². The largest absolute Gasteiger partial charge is 0.481 e. The number of rotatable bonds is 5. The van der Waals surface area contributed by atoms with E-state index in [1.165, 1.54) is 18.0 Å². The van der Waals surface area contributed by atoms with Crippen molar-refractivity contribution >= 4 is 34.9 Å². The Bertz CT molecular complexity index is 1150. The van der Waals surface area contributed by atoms with Gasteiger partial charge < -0.3 is 15.2 Å². The zero-order valence-electron chi connectivity index (χ0n) is 17.6. The minimum Gasteiger partial charge on any atom is -0.481 e. The number of aliphatic carboxylic acids is 1. The number of carbonyl (C=O) groups is 2. The van der Waals surface area contributed by atoms with Crippen LogP contribution in [0, 0.1) is 17.3 Å². The van der Waals surface area contributed by atoms with E-state index >= 15 is 0 Å². The number of carboxylic acids is 1. The van der Waals surface area contributed by atoms with Crippen LogP contribution in [0.4, 0.5) is 11.4 Å². The van der Waals surface area contributed by atoms with Crippen molar-refractivity contribution in [3.63, 3.8) is 0 Å². The van der Waals surface area contributed by atoms with Gasteiger partial charge in [0.2, 0.25) is 0 Å². The molecule has 32 heavy (non-hydrogen) atoms. The van der Waals surface area contributed by atoms with Crippen molar-refractivity contribution in [1.82, 2.24) is 9.78 Å². The summed E-state index contributed by atoms with van der Waals surface area (Å²) in [6.45, 7) is 0. The summed E-state index contributed by atoms with van der Waals surface area (Å²) in [5, 5.41) is 17.5. The highest BCUT2D eigenvalue weighted by Gasteiger charge is 2.62. The van der Waals surface area contributed by atoms with E-state index in [2.05, 4.69) is 10.4 Å². The van der Waals surface area contributed by atoms with Gasteiger partial charge in [0.05, 0.1) is 35.5 Å². The monoisotopic (exact) mass is 457 g/mol. The minimum absolute atomic E-state index is 0.0113. The number of carboxylic acid groups (broad SMARTS) is 1. The number of hydrogen-bond acceptors (Lipinski definition) is 6. The van der Waals surface area contributed by atoms with Gasteiger partial charge >= 0.3 is 11.9 Å². The summed E-state index contributed by atoms with van der Waals surface area (Å²) in [5.41, 5.74) is -0.369. The fourth-order valence-electron chi connectivity index (χ4n) is 6.53. The predicted octanol–water partition coefficient (Wildman–Crippen LogP) is 3.81. The van der Waals surface area contributed by atoms with Gasteiger partial charge in [-0.1, -0.05) is 11.6 Å². The van der Waals surface area contributed by atoms with Crippen molar-refractivity contribution < 1.29 is 19.4 Å². The summed E-state index contributed by atoms with van der Waals surface area (Å²) < 4.78 is 6.15. The Morgan fingerprint density at radius 2 is 1.84 bits per heavy atom. The Labute approximate surface area is 189 Å². The van der Waals surface area contributed by atoms with Gasteiger partial charge in [0.25, 0.3) is 5.56 Å². The molecule has 1 aromatic heterocycles. The maximum atomic E-state index is 13.3. The summed E-state index contributed by atoms with van der Waals surface area (Å²) in [4.78, 5) is 37.0. The second kappa shape index (κ2) is 7.33. The van der Waals surface area contributed by atoms with Gasteiger partial charge in [0, 0.05) is 5.69 Å².